The second-order valence-electron chi connectivity index (χ2n) is 6.26. The van der Waals surface area contributed by atoms with Crippen molar-refractivity contribution in [2.75, 3.05) is 19.8 Å². The quantitative estimate of drug-likeness (QED) is 0.774. The Labute approximate surface area is 108 Å². The monoisotopic (exact) mass is 257 g/mol. The molecule has 1 saturated carbocycles. The van der Waals surface area contributed by atoms with Gasteiger partial charge >= 0.3 is 6.09 Å². The molecule has 1 aliphatic carbocycles. The van der Waals surface area contributed by atoms with E-state index in [1.165, 1.54) is 0 Å². The summed E-state index contributed by atoms with van der Waals surface area (Å²) in [5.41, 5.74) is -0.650. The van der Waals surface area contributed by atoms with Crippen LogP contribution in [0.5, 0.6) is 0 Å². The van der Waals surface area contributed by atoms with Gasteiger partial charge < -0.3 is 19.5 Å². The number of carbonyl (C=O) groups is 1. The van der Waals surface area contributed by atoms with Crippen LogP contribution in [-0.4, -0.2) is 53.1 Å². The zero-order chi connectivity index (χ0) is 13.4. The molecule has 2 aliphatic rings. The van der Waals surface area contributed by atoms with Crippen LogP contribution in [0.15, 0.2) is 0 Å². The number of aliphatic hydroxyl groups is 1. The first-order valence-corrected chi connectivity index (χ1v) is 6.59. The van der Waals surface area contributed by atoms with E-state index in [1.807, 2.05) is 20.8 Å². The van der Waals surface area contributed by atoms with Gasteiger partial charge in [-0.05, 0) is 40.0 Å². The molecule has 1 saturated heterocycles. The molecule has 0 aromatic heterocycles. The molecular weight excluding hydrogens is 234 g/mol. The molecule has 1 amide bonds. The summed E-state index contributed by atoms with van der Waals surface area (Å²) >= 11 is 0. The predicted molar refractivity (Wildman–Crippen MR) is 66.3 cm³/mol. The van der Waals surface area contributed by atoms with Crippen molar-refractivity contribution in [3.05, 3.63) is 0 Å². The lowest BCUT2D eigenvalue weighted by atomic mass is 10.2. The van der Waals surface area contributed by atoms with Gasteiger partial charge in [0.2, 0.25) is 0 Å². The van der Waals surface area contributed by atoms with Crippen LogP contribution in [0.1, 0.15) is 40.0 Å². The zero-order valence-corrected chi connectivity index (χ0v) is 11.4. The molecule has 1 aliphatic heterocycles. The van der Waals surface area contributed by atoms with E-state index in [0.29, 0.717) is 19.6 Å². The number of amides is 1. The van der Waals surface area contributed by atoms with Crippen molar-refractivity contribution in [1.29, 1.82) is 0 Å². The van der Waals surface area contributed by atoms with Gasteiger partial charge in [0.15, 0.2) is 0 Å². The van der Waals surface area contributed by atoms with Crippen molar-refractivity contribution < 1.29 is 19.4 Å². The Kier molecular flexibility index (Phi) is 3.56. The molecule has 2 fully saturated rings. The smallest absolute Gasteiger partial charge is 0.410 e. The van der Waals surface area contributed by atoms with Gasteiger partial charge in [0.25, 0.3) is 0 Å². The third-order valence-corrected chi connectivity index (χ3v) is 3.48. The van der Waals surface area contributed by atoms with Crippen LogP contribution in [0.25, 0.3) is 0 Å². The van der Waals surface area contributed by atoms with E-state index in [4.69, 9.17) is 14.6 Å². The molecule has 1 unspecified atom stereocenters. The van der Waals surface area contributed by atoms with Crippen LogP contribution >= 0.6 is 0 Å². The van der Waals surface area contributed by atoms with E-state index < -0.39 is 5.60 Å². The summed E-state index contributed by atoms with van der Waals surface area (Å²) in [5.74, 6) is 0. The van der Waals surface area contributed by atoms with Gasteiger partial charge in [0, 0.05) is 6.54 Å². The molecule has 5 nitrogen and oxygen atoms in total. The van der Waals surface area contributed by atoms with Gasteiger partial charge in [-0.25, -0.2) is 4.79 Å². The van der Waals surface area contributed by atoms with Gasteiger partial charge in [-0.1, -0.05) is 0 Å². The molecule has 18 heavy (non-hydrogen) atoms. The van der Waals surface area contributed by atoms with Gasteiger partial charge in [-0.2, -0.15) is 0 Å². The highest BCUT2D eigenvalue weighted by Crippen LogP contribution is 2.44. The molecule has 0 radical (unpaired) electrons. The summed E-state index contributed by atoms with van der Waals surface area (Å²) in [4.78, 5) is 14.0. The predicted octanol–water partition coefficient (Wildman–Crippen LogP) is 1.54. The minimum Gasteiger partial charge on any atom is -0.444 e. The Balaban J connectivity index is 2.04. The SMILES string of the molecule is CC(C)(C)OC(=O)N1CCC(CO)OCC12CC2. The standard InChI is InChI=1S/C13H23NO4/c1-12(2,3)18-11(16)14-7-4-10(8-15)17-9-13(14)5-6-13/h10,15H,4-9H2,1-3H3. The van der Waals surface area contributed by atoms with Gasteiger partial charge in [0.05, 0.1) is 24.9 Å². The van der Waals surface area contributed by atoms with E-state index in [1.54, 1.807) is 4.90 Å². The number of ether oxygens (including phenoxy) is 2. The van der Waals surface area contributed by atoms with Crippen LogP contribution in [-0.2, 0) is 9.47 Å². The van der Waals surface area contributed by atoms with Crippen LogP contribution in [0.3, 0.4) is 0 Å². The second-order valence-corrected chi connectivity index (χ2v) is 6.26. The molecular formula is C13H23NO4. The largest absolute Gasteiger partial charge is 0.444 e. The average molecular weight is 257 g/mol. The fourth-order valence-electron chi connectivity index (χ4n) is 2.25. The molecule has 2 rings (SSSR count). The number of hydrogen-bond donors (Lipinski definition) is 1. The molecule has 1 atom stereocenters. The minimum atomic E-state index is -0.475. The topological polar surface area (TPSA) is 59.0 Å². The first-order valence-electron chi connectivity index (χ1n) is 6.59. The summed E-state index contributed by atoms with van der Waals surface area (Å²) in [6.45, 7) is 6.73. The first-order chi connectivity index (χ1) is 8.36. The van der Waals surface area contributed by atoms with Crippen molar-refractivity contribution in [3.63, 3.8) is 0 Å². The summed E-state index contributed by atoms with van der Waals surface area (Å²) < 4.78 is 11.1. The van der Waals surface area contributed by atoms with Crippen LogP contribution in [0.2, 0.25) is 0 Å². The Morgan fingerprint density at radius 2 is 2.17 bits per heavy atom. The van der Waals surface area contributed by atoms with E-state index in [2.05, 4.69) is 0 Å². The normalized spacial score (nSPS) is 26.9. The molecule has 5 heteroatoms. The van der Waals surface area contributed by atoms with Crippen molar-refractivity contribution in [2.45, 2.75) is 57.3 Å². The number of rotatable bonds is 1. The maximum atomic E-state index is 12.2. The molecule has 1 N–H and O–H groups in total. The van der Waals surface area contributed by atoms with Crippen molar-refractivity contribution in [2.24, 2.45) is 0 Å². The minimum absolute atomic E-state index is 0.0121. The summed E-state index contributed by atoms with van der Waals surface area (Å²) in [6, 6.07) is 0. The maximum Gasteiger partial charge on any atom is 0.410 e. The lowest BCUT2D eigenvalue weighted by Gasteiger charge is -2.31. The molecule has 0 bridgehead atoms. The molecule has 1 heterocycles. The summed E-state index contributed by atoms with van der Waals surface area (Å²) in [7, 11) is 0. The fourth-order valence-corrected chi connectivity index (χ4v) is 2.25. The number of aliphatic hydroxyl groups excluding tert-OH is 1. The molecule has 0 aromatic rings. The number of hydrogen-bond acceptors (Lipinski definition) is 4. The van der Waals surface area contributed by atoms with E-state index in [9.17, 15) is 4.79 Å². The van der Waals surface area contributed by atoms with Gasteiger partial charge in [-0.3, -0.25) is 0 Å². The molecule has 0 aromatic carbocycles. The van der Waals surface area contributed by atoms with E-state index in [0.717, 1.165) is 12.8 Å². The van der Waals surface area contributed by atoms with Gasteiger partial charge in [-0.15, -0.1) is 0 Å². The van der Waals surface area contributed by atoms with E-state index in [-0.39, 0.29) is 24.3 Å². The highest BCUT2D eigenvalue weighted by molar-refractivity contribution is 5.70. The lowest BCUT2D eigenvalue weighted by Crippen LogP contribution is -2.46. The Morgan fingerprint density at radius 3 is 2.67 bits per heavy atom. The Bertz CT molecular complexity index is 319. The fraction of sp³-hybridized carbons (Fsp3) is 0.923. The summed E-state index contributed by atoms with van der Waals surface area (Å²) in [6.07, 6.45) is 2.17. The van der Waals surface area contributed by atoms with E-state index >= 15 is 0 Å². The van der Waals surface area contributed by atoms with Crippen molar-refractivity contribution in [1.82, 2.24) is 4.90 Å². The first kappa shape index (κ1) is 13.6. The van der Waals surface area contributed by atoms with Crippen LogP contribution in [0, 0.1) is 0 Å². The van der Waals surface area contributed by atoms with Crippen LogP contribution in [0.4, 0.5) is 4.79 Å². The third-order valence-electron chi connectivity index (χ3n) is 3.48. The Hall–Kier alpha value is -0.810. The third kappa shape index (κ3) is 2.95. The highest BCUT2D eigenvalue weighted by atomic mass is 16.6. The van der Waals surface area contributed by atoms with Crippen molar-refractivity contribution >= 4 is 6.09 Å². The molecule has 1 spiro atoms. The van der Waals surface area contributed by atoms with Gasteiger partial charge in [0.1, 0.15) is 5.60 Å². The maximum absolute atomic E-state index is 12.2. The number of nitrogens with zero attached hydrogens (tertiary/aromatic N) is 1. The second kappa shape index (κ2) is 4.70. The number of carbonyl (C=O) groups excluding carboxylic acids is 1. The summed E-state index contributed by atoms with van der Waals surface area (Å²) in [5, 5.41) is 9.16. The average Bonchev–Trinajstić information content (AvgIpc) is 3.03. The molecule has 104 valence electrons. The Morgan fingerprint density at radius 1 is 1.50 bits per heavy atom. The van der Waals surface area contributed by atoms with Crippen LogP contribution < -0.4 is 0 Å². The zero-order valence-electron chi connectivity index (χ0n) is 11.4. The highest BCUT2D eigenvalue weighted by Gasteiger charge is 2.53. The lowest BCUT2D eigenvalue weighted by molar-refractivity contribution is -0.00783. The van der Waals surface area contributed by atoms with Crippen molar-refractivity contribution in [3.8, 4) is 0 Å².